The summed E-state index contributed by atoms with van der Waals surface area (Å²) in [7, 11) is -3.83. The first-order valence-corrected chi connectivity index (χ1v) is 6.20. The van der Waals surface area contributed by atoms with Gasteiger partial charge in [0.1, 0.15) is 6.04 Å². The van der Waals surface area contributed by atoms with E-state index < -0.39 is 27.8 Å². The Hall–Kier alpha value is -0.920. The van der Waals surface area contributed by atoms with Crippen LogP contribution in [0.25, 0.3) is 0 Å². The molecule has 3 N–H and O–H groups in total. The van der Waals surface area contributed by atoms with E-state index in [1.54, 1.807) is 20.8 Å². The van der Waals surface area contributed by atoms with Crippen molar-refractivity contribution in [1.82, 2.24) is 9.44 Å². The number of hydrogen-bond acceptors (Lipinski definition) is 3. The first kappa shape index (κ1) is 15.1. The number of rotatable bonds is 6. The maximum atomic E-state index is 11.5. The van der Waals surface area contributed by atoms with Gasteiger partial charge < -0.3 is 5.11 Å². The smallest absolute Gasteiger partial charge is 0.322 e. The molecule has 0 aromatic carbocycles. The van der Waals surface area contributed by atoms with Gasteiger partial charge in [0.15, 0.2) is 0 Å². The van der Waals surface area contributed by atoms with Gasteiger partial charge in [-0.15, -0.1) is 6.58 Å². The monoisotopic (exact) mass is 250 g/mol. The van der Waals surface area contributed by atoms with Crippen molar-refractivity contribution >= 4 is 16.2 Å². The van der Waals surface area contributed by atoms with E-state index in [1.807, 2.05) is 4.72 Å². The lowest BCUT2D eigenvalue weighted by molar-refractivity contribution is -0.138. The van der Waals surface area contributed by atoms with Crippen molar-refractivity contribution in [3.8, 4) is 0 Å². The number of carboxylic acids is 1. The van der Waals surface area contributed by atoms with E-state index >= 15 is 0 Å². The maximum absolute atomic E-state index is 11.5. The van der Waals surface area contributed by atoms with E-state index in [9.17, 15) is 13.2 Å². The molecule has 0 rings (SSSR count). The van der Waals surface area contributed by atoms with Crippen LogP contribution in [-0.4, -0.2) is 31.1 Å². The molecule has 0 saturated heterocycles. The molecule has 7 heteroatoms. The van der Waals surface area contributed by atoms with Gasteiger partial charge in [-0.1, -0.05) is 6.08 Å². The highest BCUT2D eigenvalue weighted by Gasteiger charge is 2.26. The first-order chi connectivity index (χ1) is 7.07. The molecule has 0 amide bonds. The first-order valence-electron chi connectivity index (χ1n) is 4.72. The Bertz CT molecular complexity index is 356. The van der Waals surface area contributed by atoms with Gasteiger partial charge in [-0.25, -0.2) is 0 Å². The van der Waals surface area contributed by atoms with Crippen LogP contribution in [0, 0.1) is 0 Å². The summed E-state index contributed by atoms with van der Waals surface area (Å²) in [6.45, 7) is 8.36. The second-order valence-corrected chi connectivity index (χ2v) is 5.84. The van der Waals surface area contributed by atoms with Crippen molar-refractivity contribution in [2.24, 2.45) is 0 Å². The minimum absolute atomic E-state index is 0.0282. The fourth-order valence-electron chi connectivity index (χ4n) is 0.986. The maximum Gasteiger partial charge on any atom is 0.322 e. The van der Waals surface area contributed by atoms with Crippen molar-refractivity contribution in [1.29, 1.82) is 0 Å². The molecule has 0 aromatic rings. The van der Waals surface area contributed by atoms with Gasteiger partial charge in [0.25, 0.3) is 10.2 Å². The van der Waals surface area contributed by atoms with E-state index in [1.165, 1.54) is 6.08 Å². The topological polar surface area (TPSA) is 95.5 Å². The molecule has 0 bridgehead atoms. The molecule has 0 saturated carbocycles. The average Bonchev–Trinajstić information content (AvgIpc) is 1.97. The van der Waals surface area contributed by atoms with Crippen LogP contribution in [0.5, 0.6) is 0 Å². The van der Waals surface area contributed by atoms with Crippen LogP contribution >= 0.6 is 0 Å². The molecule has 0 fully saturated rings. The lowest BCUT2D eigenvalue weighted by Crippen LogP contribution is -2.51. The van der Waals surface area contributed by atoms with Gasteiger partial charge in [0.05, 0.1) is 0 Å². The van der Waals surface area contributed by atoms with Gasteiger partial charge in [-0.2, -0.15) is 17.9 Å². The Labute approximate surface area is 95.9 Å². The number of carbonyl (C=O) groups is 1. The molecule has 0 aliphatic carbocycles. The van der Waals surface area contributed by atoms with Crippen LogP contribution in [0.1, 0.15) is 27.2 Å². The summed E-state index contributed by atoms with van der Waals surface area (Å²) in [6.07, 6.45) is 1.37. The molecule has 16 heavy (non-hydrogen) atoms. The molecule has 0 aliphatic heterocycles. The molecule has 0 heterocycles. The zero-order chi connectivity index (χ0) is 13.0. The number of carboxylic acid groups (broad SMARTS) is 1. The Morgan fingerprint density at radius 1 is 1.50 bits per heavy atom. The van der Waals surface area contributed by atoms with Gasteiger partial charge in [-0.3, -0.25) is 4.79 Å². The second kappa shape index (κ2) is 5.42. The summed E-state index contributed by atoms with van der Waals surface area (Å²) < 4.78 is 27.4. The minimum atomic E-state index is -3.83. The summed E-state index contributed by atoms with van der Waals surface area (Å²) in [6, 6.07) is -1.20. The van der Waals surface area contributed by atoms with Crippen molar-refractivity contribution in [3.05, 3.63) is 12.7 Å². The normalized spacial score (nSPS) is 14.4. The number of nitrogens with one attached hydrogen (secondary N) is 2. The second-order valence-electron chi connectivity index (χ2n) is 4.39. The quantitative estimate of drug-likeness (QED) is 0.588. The molecule has 0 radical (unpaired) electrons. The summed E-state index contributed by atoms with van der Waals surface area (Å²) in [5.74, 6) is -1.24. The van der Waals surface area contributed by atoms with E-state index in [2.05, 4.69) is 11.3 Å². The van der Waals surface area contributed by atoms with E-state index in [4.69, 9.17) is 5.11 Å². The highest BCUT2D eigenvalue weighted by atomic mass is 32.2. The molecule has 1 unspecified atom stereocenters. The van der Waals surface area contributed by atoms with Gasteiger partial charge in [0.2, 0.25) is 0 Å². The molecule has 1 atom stereocenters. The van der Waals surface area contributed by atoms with Crippen LogP contribution in [-0.2, 0) is 15.0 Å². The molecule has 0 aromatic heterocycles. The van der Waals surface area contributed by atoms with E-state index in [-0.39, 0.29) is 6.42 Å². The zero-order valence-electron chi connectivity index (χ0n) is 9.65. The van der Waals surface area contributed by atoms with Gasteiger partial charge in [-0.05, 0) is 27.2 Å². The Morgan fingerprint density at radius 2 is 2.00 bits per heavy atom. The molecular formula is C9H18N2O4S. The third-order valence-corrected chi connectivity index (χ3v) is 2.91. The summed E-state index contributed by atoms with van der Waals surface area (Å²) in [5, 5.41) is 8.76. The summed E-state index contributed by atoms with van der Waals surface area (Å²) >= 11 is 0. The fourth-order valence-corrected chi connectivity index (χ4v) is 2.42. The van der Waals surface area contributed by atoms with Crippen LogP contribution < -0.4 is 9.44 Å². The molecule has 6 nitrogen and oxygen atoms in total. The third kappa shape index (κ3) is 6.54. The lowest BCUT2D eigenvalue weighted by Gasteiger charge is -2.22. The van der Waals surface area contributed by atoms with Crippen LogP contribution in [0.4, 0.5) is 0 Å². The van der Waals surface area contributed by atoms with Gasteiger partial charge in [0, 0.05) is 5.54 Å². The largest absolute Gasteiger partial charge is 0.480 e. The predicted octanol–water partition coefficient (Wildman–Crippen LogP) is 0.238. The van der Waals surface area contributed by atoms with Crippen LogP contribution in [0.15, 0.2) is 12.7 Å². The van der Waals surface area contributed by atoms with E-state index in [0.29, 0.717) is 0 Å². The molecule has 0 spiro atoms. The highest BCUT2D eigenvalue weighted by molar-refractivity contribution is 7.87. The Balaban J connectivity index is 4.67. The van der Waals surface area contributed by atoms with Crippen molar-refractivity contribution in [3.63, 3.8) is 0 Å². The average molecular weight is 250 g/mol. The fraction of sp³-hybridized carbons (Fsp3) is 0.667. The lowest BCUT2D eigenvalue weighted by atomic mass is 10.1. The molecule has 0 aliphatic rings. The van der Waals surface area contributed by atoms with Crippen LogP contribution in [0.2, 0.25) is 0 Å². The number of hydrogen-bond donors (Lipinski definition) is 3. The van der Waals surface area contributed by atoms with Crippen molar-refractivity contribution in [2.75, 3.05) is 0 Å². The SMILES string of the molecule is C=CCC(NS(=O)(=O)NC(C)(C)C)C(=O)O. The van der Waals surface area contributed by atoms with Gasteiger partial charge >= 0.3 is 5.97 Å². The number of aliphatic carboxylic acids is 1. The molecule has 94 valence electrons. The third-order valence-electron chi connectivity index (χ3n) is 1.44. The predicted molar refractivity (Wildman–Crippen MR) is 61.2 cm³/mol. The summed E-state index contributed by atoms with van der Waals surface area (Å²) in [4.78, 5) is 10.7. The molecular weight excluding hydrogens is 232 g/mol. The van der Waals surface area contributed by atoms with Crippen LogP contribution in [0.3, 0.4) is 0 Å². The Morgan fingerprint density at radius 3 is 2.31 bits per heavy atom. The Kier molecular flexibility index (Phi) is 5.11. The zero-order valence-corrected chi connectivity index (χ0v) is 10.5. The van der Waals surface area contributed by atoms with Crippen molar-refractivity contribution < 1.29 is 18.3 Å². The summed E-state index contributed by atoms with van der Waals surface area (Å²) in [5.41, 5.74) is -0.664. The minimum Gasteiger partial charge on any atom is -0.480 e. The van der Waals surface area contributed by atoms with E-state index in [0.717, 1.165) is 0 Å². The highest BCUT2D eigenvalue weighted by Crippen LogP contribution is 2.02. The van der Waals surface area contributed by atoms with Crippen molar-refractivity contribution in [2.45, 2.75) is 38.8 Å². The standard InChI is InChI=1S/C9H18N2O4S/c1-5-6-7(8(12)13)10-16(14,15)11-9(2,3)4/h5,7,10-11H,1,6H2,2-4H3,(H,12,13).